The van der Waals surface area contributed by atoms with E-state index in [1.165, 1.54) is 12.1 Å². The maximum Gasteiger partial charge on any atom is 0.416 e. The van der Waals surface area contributed by atoms with Crippen LogP contribution in [0, 0.1) is 5.41 Å². The summed E-state index contributed by atoms with van der Waals surface area (Å²) in [5, 5.41) is 0.184. The highest BCUT2D eigenvalue weighted by atomic mass is 35.5. The van der Waals surface area contributed by atoms with Gasteiger partial charge < -0.3 is 9.64 Å². The summed E-state index contributed by atoms with van der Waals surface area (Å²) in [5.41, 5.74) is -0.925. The summed E-state index contributed by atoms with van der Waals surface area (Å²) in [6.45, 7) is 9.34. The van der Waals surface area contributed by atoms with Crippen molar-refractivity contribution in [2.75, 3.05) is 18.1 Å². The van der Waals surface area contributed by atoms with Crippen LogP contribution in [0.25, 0.3) is 0 Å². The van der Waals surface area contributed by atoms with Crippen molar-refractivity contribution in [3.8, 4) is 0 Å². The first-order chi connectivity index (χ1) is 16.5. The number of alkyl halides is 3. The molecule has 5 nitrogen and oxygen atoms in total. The number of benzene rings is 2. The molecule has 198 valence electrons. The number of halogens is 4. The number of rotatable bonds is 5. The number of ether oxygens (including phenoxy) is 1. The fourth-order valence-electron chi connectivity index (χ4n) is 4.45. The first-order valence-corrected chi connectivity index (χ1v) is 13.5. The van der Waals surface area contributed by atoms with E-state index in [4.69, 9.17) is 16.3 Å². The van der Waals surface area contributed by atoms with E-state index in [1.54, 1.807) is 37.8 Å². The number of carbonyl (C=O) groups excluding carboxylic acids is 1. The predicted molar refractivity (Wildman–Crippen MR) is 134 cm³/mol. The van der Waals surface area contributed by atoms with Gasteiger partial charge in [0.25, 0.3) is 0 Å². The molecule has 1 saturated heterocycles. The third kappa shape index (κ3) is 5.29. The maximum absolute atomic E-state index is 13.9. The van der Waals surface area contributed by atoms with Crippen molar-refractivity contribution in [1.82, 2.24) is 0 Å². The Morgan fingerprint density at radius 1 is 1.06 bits per heavy atom. The zero-order valence-electron chi connectivity index (χ0n) is 20.9. The van der Waals surface area contributed by atoms with Crippen LogP contribution in [0.15, 0.2) is 47.4 Å². The van der Waals surface area contributed by atoms with Gasteiger partial charge >= 0.3 is 6.18 Å². The Kier molecular flexibility index (Phi) is 7.90. The Bertz CT molecular complexity index is 1230. The molecule has 0 aromatic heterocycles. The zero-order valence-corrected chi connectivity index (χ0v) is 22.5. The molecule has 0 bridgehead atoms. The van der Waals surface area contributed by atoms with Crippen LogP contribution in [-0.2, 0) is 30.3 Å². The Balaban J connectivity index is 2.16. The number of nitrogens with zero attached hydrogens (tertiary/aromatic N) is 1. The summed E-state index contributed by atoms with van der Waals surface area (Å²) in [6, 6.07) is 8.30. The van der Waals surface area contributed by atoms with Gasteiger partial charge in [-0.05, 0) is 62.6 Å². The summed E-state index contributed by atoms with van der Waals surface area (Å²) in [4.78, 5) is 14.3. The molecule has 36 heavy (non-hydrogen) atoms. The molecule has 0 atom stereocenters. The number of amides is 1. The normalized spacial score (nSPS) is 16.7. The second-order valence-corrected chi connectivity index (χ2v) is 13.0. The van der Waals surface area contributed by atoms with E-state index in [9.17, 15) is 26.4 Å². The van der Waals surface area contributed by atoms with Crippen molar-refractivity contribution in [2.24, 2.45) is 5.41 Å². The quantitative estimate of drug-likeness (QED) is 0.423. The lowest BCUT2D eigenvalue weighted by atomic mass is 9.89. The second-order valence-electron chi connectivity index (χ2n) is 10.3. The van der Waals surface area contributed by atoms with Crippen LogP contribution in [0.3, 0.4) is 0 Å². The monoisotopic (exact) mass is 545 g/mol. The predicted octanol–water partition coefficient (Wildman–Crippen LogP) is 6.63. The molecule has 2 aromatic rings. The van der Waals surface area contributed by atoms with Gasteiger partial charge in [-0.2, -0.15) is 13.2 Å². The van der Waals surface area contributed by atoms with Crippen LogP contribution in [0.1, 0.15) is 58.6 Å². The summed E-state index contributed by atoms with van der Waals surface area (Å²) in [6.07, 6.45) is -4.58. The van der Waals surface area contributed by atoms with Crippen molar-refractivity contribution >= 4 is 33.0 Å². The first kappa shape index (κ1) is 28.5. The van der Waals surface area contributed by atoms with E-state index >= 15 is 0 Å². The lowest BCUT2D eigenvalue weighted by Crippen LogP contribution is -2.44. The van der Waals surface area contributed by atoms with E-state index < -0.39 is 36.6 Å². The fraction of sp³-hybridized carbons (Fsp3) is 0.500. The SMILES string of the molecule is CC(C)N(C(=O)C(C)(C)C)c1ccc(C2(S(=O)(=O)c3cccc(C(F)(F)F)c3)CCOCC2)cc1Cl. The molecule has 1 aliphatic heterocycles. The van der Waals surface area contributed by atoms with Gasteiger partial charge in [-0.15, -0.1) is 0 Å². The number of hydrogen-bond donors (Lipinski definition) is 0. The van der Waals surface area contributed by atoms with Crippen LogP contribution in [0.4, 0.5) is 18.9 Å². The van der Waals surface area contributed by atoms with Gasteiger partial charge in [-0.1, -0.05) is 44.5 Å². The molecule has 0 aliphatic carbocycles. The lowest BCUT2D eigenvalue weighted by Gasteiger charge is -2.38. The number of carbonyl (C=O) groups is 1. The van der Waals surface area contributed by atoms with Crippen molar-refractivity contribution < 1.29 is 31.1 Å². The Hall–Kier alpha value is -2.10. The van der Waals surface area contributed by atoms with E-state index in [0.717, 1.165) is 12.1 Å². The maximum atomic E-state index is 13.9. The average molecular weight is 546 g/mol. The lowest BCUT2D eigenvalue weighted by molar-refractivity contribution is -0.137. The van der Waals surface area contributed by atoms with Crippen molar-refractivity contribution in [3.05, 3.63) is 58.6 Å². The van der Waals surface area contributed by atoms with Gasteiger partial charge in [0.15, 0.2) is 9.84 Å². The molecule has 0 spiro atoms. The van der Waals surface area contributed by atoms with Gasteiger partial charge in [0, 0.05) is 24.7 Å². The molecular formula is C26H31ClF3NO4S. The molecule has 0 N–H and O–H groups in total. The number of hydrogen-bond acceptors (Lipinski definition) is 4. The molecule has 0 saturated carbocycles. The third-order valence-corrected chi connectivity index (χ3v) is 9.25. The fourth-order valence-corrected chi connectivity index (χ4v) is 6.85. The molecule has 3 rings (SSSR count). The molecule has 0 unspecified atom stereocenters. The molecular weight excluding hydrogens is 515 g/mol. The topological polar surface area (TPSA) is 63.7 Å². The second kappa shape index (κ2) is 9.99. The molecule has 1 heterocycles. The molecule has 10 heteroatoms. The standard InChI is InChI=1S/C26H31ClF3NO4S/c1-17(2)31(23(32)24(3,4)5)22-10-9-18(16-21(22)27)25(11-13-35-14-12-25)36(33,34)20-8-6-7-19(15-20)26(28,29)30/h6-10,15-17H,11-14H2,1-5H3. The largest absolute Gasteiger partial charge is 0.416 e. The zero-order chi connectivity index (χ0) is 27.1. The highest BCUT2D eigenvalue weighted by Crippen LogP contribution is 2.46. The minimum absolute atomic E-state index is 0.0517. The van der Waals surface area contributed by atoms with Gasteiger partial charge in [-0.3, -0.25) is 4.79 Å². The van der Waals surface area contributed by atoms with Crippen LogP contribution in [0.2, 0.25) is 5.02 Å². The van der Waals surface area contributed by atoms with Gasteiger partial charge in [0.05, 0.1) is 21.2 Å². The van der Waals surface area contributed by atoms with Crippen molar-refractivity contribution in [1.29, 1.82) is 0 Å². The summed E-state index contributed by atoms with van der Waals surface area (Å²) < 4.78 is 71.8. The highest BCUT2D eigenvalue weighted by molar-refractivity contribution is 7.92. The number of anilines is 1. The van der Waals surface area contributed by atoms with Gasteiger partial charge in [0.1, 0.15) is 4.75 Å². The Labute approximate surface area is 215 Å². The van der Waals surface area contributed by atoms with Crippen LogP contribution >= 0.6 is 11.6 Å². The molecule has 1 fully saturated rings. The van der Waals surface area contributed by atoms with Crippen LogP contribution in [0.5, 0.6) is 0 Å². The smallest absolute Gasteiger partial charge is 0.381 e. The van der Waals surface area contributed by atoms with E-state index in [-0.39, 0.29) is 43.0 Å². The minimum Gasteiger partial charge on any atom is -0.381 e. The molecule has 1 aliphatic rings. The van der Waals surface area contributed by atoms with Crippen molar-refractivity contribution in [3.63, 3.8) is 0 Å². The van der Waals surface area contributed by atoms with Gasteiger partial charge in [-0.25, -0.2) is 8.42 Å². The molecule has 1 amide bonds. The van der Waals surface area contributed by atoms with Crippen molar-refractivity contribution in [2.45, 2.75) is 69.3 Å². The number of sulfone groups is 1. The van der Waals surface area contributed by atoms with Crippen LogP contribution < -0.4 is 4.90 Å². The first-order valence-electron chi connectivity index (χ1n) is 11.7. The summed E-state index contributed by atoms with van der Waals surface area (Å²) in [7, 11) is -4.28. The van der Waals surface area contributed by atoms with E-state index in [1.807, 2.05) is 13.8 Å². The molecule has 0 radical (unpaired) electrons. The molecule has 2 aromatic carbocycles. The van der Waals surface area contributed by atoms with E-state index in [0.29, 0.717) is 17.3 Å². The third-order valence-electron chi connectivity index (χ3n) is 6.40. The average Bonchev–Trinajstić information content (AvgIpc) is 2.79. The minimum atomic E-state index is -4.68. The summed E-state index contributed by atoms with van der Waals surface area (Å²) in [5.74, 6) is -0.149. The Morgan fingerprint density at radius 3 is 2.17 bits per heavy atom. The highest BCUT2D eigenvalue weighted by Gasteiger charge is 2.48. The summed E-state index contributed by atoms with van der Waals surface area (Å²) >= 11 is 6.66. The van der Waals surface area contributed by atoms with Crippen LogP contribution in [-0.4, -0.2) is 33.6 Å². The van der Waals surface area contributed by atoms with Gasteiger partial charge in [0.2, 0.25) is 5.91 Å². The van der Waals surface area contributed by atoms with E-state index in [2.05, 4.69) is 0 Å². The Morgan fingerprint density at radius 2 is 1.67 bits per heavy atom.